The molecule has 2 nitrogen and oxygen atoms in total. The second kappa shape index (κ2) is 5.84. The third-order valence-corrected chi connectivity index (χ3v) is 3.83. The monoisotopic (exact) mass is 282 g/mol. The van der Waals surface area contributed by atoms with Gasteiger partial charge < -0.3 is 0 Å². The first-order valence-corrected chi connectivity index (χ1v) is 6.95. The summed E-state index contributed by atoms with van der Waals surface area (Å²) in [6, 6.07) is 16.6. The Kier molecular flexibility index (Phi) is 3.74. The molecular weight excluding hydrogens is 271 g/mol. The van der Waals surface area contributed by atoms with Gasteiger partial charge in [-0.1, -0.05) is 36.0 Å². The molecular formula is C16H11FN2S. The molecule has 0 atom stereocenters. The summed E-state index contributed by atoms with van der Waals surface area (Å²) in [5, 5.41) is 0. The molecule has 4 heteroatoms. The summed E-state index contributed by atoms with van der Waals surface area (Å²) < 4.78 is 14.1. The lowest BCUT2D eigenvalue weighted by molar-refractivity contribution is 0.599. The lowest BCUT2D eigenvalue weighted by atomic mass is 10.2. The summed E-state index contributed by atoms with van der Waals surface area (Å²) in [5.41, 5.74) is 1.24. The molecule has 3 aromatic rings. The number of hydrogen-bond donors (Lipinski definition) is 0. The molecule has 0 N–H and O–H groups in total. The molecule has 0 aliphatic heterocycles. The minimum atomic E-state index is -0.283. The number of halogens is 1. The molecule has 0 spiro atoms. The SMILES string of the molecule is Fc1ccnc(-c2ccccn2)c1Sc1ccccc1. The van der Waals surface area contributed by atoms with E-state index in [4.69, 9.17) is 0 Å². The highest BCUT2D eigenvalue weighted by atomic mass is 32.2. The van der Waals surface area contributed by atoms with Gasteiger partial charge >= 0.3 is 0 Å². The van der Waals surface area contributed by atoms with Gasteiger partial charge in [0.2, 0.25) is 0 Å². The van der Waals surface area contributed by atoms with E-state index in [1.54, 1.807) is 6.20 Å². The van der Waals surface area contributed by atoms with E-state index in [1.807, 2.05) is 48.5 Å². The Labute approximate surface area is 120 Å². The Morgan fingerprint density at radius 1 is 0.800 bits per heavy atom. The first kappa shape index (κ1) is 12.8. The van der Waals surface area contributed by atoms with Gasteiger partial charge in [-0.25, -0.2) is 4.39 Å². The Bertz CT molecular complexity index is 702. The molecule has 98 valence electrons. The molecule has 0 amide bonds. The van der Waals surface area contributed by atoms with Crippen molar-refractivity contribution >= 4 is 11.8 Å². The summed E-state index contributed by atoms with van der Waals surface area (Å²) in [7, 11) is 0. The molecule has 0 saturated heterocycles. The van der Waals surface area contributed by atoms with E-state index < -0.39 is 0 Å². The molecule has 2 aromatic heterocycles. The van der Waals surface area contributed by atoms with Crippen molar-refractivity contribution in [3.8, 4) is 11.4 Å². The zero-order valence-electron chi connectivity index (χ0n) is 10.5. The molecule has 0 radical (unpaired) electrons. The summed E-state index contributed by atoms with van der Waals surface area (Å²) in [6.07, 6.45) is 3.15. The van der Waals surface area contributed by atoms with Gasteiger partial charge in [-0.05, 0) is 30.3 Å². The van der Waals surface area contributed by atoms with Crippen molar-refractivity contribution in [1.82, 2.24) is 9.97 Å². The van der Waals surface area contributed by atoms with E-state index in [0.717, 1.165) is 4.90 Å². The zero-order chi connectivity index (χ0) is 13.8. The topological polar surface area (TPSA) is 25.8 Å². The fraction of sp³-hybridized carbons (Fsp3) is 0. The Morgan fingerprint density at radius 2 is 1.60 bits per heavy atom. The van der Waals surface area contributed by atoms with Gasteiger partial charge in [0.05, 0.1) is 10.6 Å². The average Bonchev–Trinajstić information content (AvgIpc) is 2.51. The van der Waals surface area contributed by atoms with E-state index in [9.17, 15) is 4.39 Å². The minimum Gasteiger partial charge on any atom is -0.255 e. The lowest BCUT2D eigenvalue weighted by Crippen LogP contribution is -1.93. The molecule has 0 aliphatic carbocycles. The van der Waals surface area contributed by atoms with Gasteiger partial charge in [0.1, 0.15) is 11.5 Å². The Balaban J connectivity index is 2.06. The van der Waals surface area contributed by atoms with Gasteiger partial charge in [0.25, 0.3) is 0 Å². The molecule has 0 fully saturated rings. The maximum Gasteiger partial charge on any atom is 0.140 e. The maximum absolute atomic E-state index is 14.1. The number of hydrogen-bond acceptors (Lipinski definition) is 3. The largest absolute Gasteiger partial charge is 0.255 e. The number of nitrogens with zero attached hydrogens (tertiary/aromatic N) is 2. The smallest absolute Gasteiger partial charge is 0.140 e. The van der Waals surface area contributed by atoms with Crippen molar-refractivity contribution in [3.63, 3.8) is 0 Å². The lowest BCUT2D eigenvalue weighted by Gasteiger charge is -2.08. The third kappa shape index (κ3) is 2.70. The van der Waals surface area contributed by atoms with Crippen molar-refractivity contribution in [1.29, 1.82) is 0 Å². The molecule has 0 aliphatic rings. The van der Waals surface area contributed by atoms with Crippen molar-refractivity contribution in [3.05, 3.63) is 72.8 Å². The summed E-state index contributed by atoms with van der Waals surface area (Å²) in [4.78, 5) is 10.00. The van der Waals surface area contributed by atoms with Crippen molar-refractivity contribution in [2.75, 3.05) is 0 Å². The molecule has 0 bridgehead atoms. The van der Waals surface area contributed by atoms with Crippen molar-refractivity contribution in [2.45, 2.75) is 9.79 Å². The predicted molar refractivity (Wildman–Crippen MR) is 78.0 cm³/mol. The normalized spacial score (nSPS) is 10.4. The van der Waals surface area contributed by atoms with E-state index in [1.165, 1.54) is 24.0 Å². The second-order valence-electron chi connectivity index (χ2n) is 4.10. The second-order valence-corrected chi connectivity index (χ2v) is 5.18. The predicted octanol–water partition coefficient (Wildman–Crippen LogP) is 4.43. The fourth-order valence-electron chi connectivity index (χ4n) is 1.81. The van der Waals surface area contributed by atoms with Crippen LogP contribution in [0.2, 0.25) is 0 Å². The maximum atomic E-state index is 14.1. The van der Waals surface area contributed by atoms with Crippen LogP contribution < -0.4 is 0 Å². The van der Waals surface area contributed by atoms with Crippen LogP contribution in [0.1, 0.15) is 0 Å². The Hall–Kier alpha value is -2.20. The van der Waals surface area contributed by atoms with Crippen LogP contribution in [0, 0.1) is 5.82 Å². The zero-order valence-corrected chi connectivity index (χ0v) is 11.3. The molecule has 2 heterocycles. The quantitative estimate of drug-likeness (QED) is 0.710. The van der Waals surface area contributed by atoms with E-state index in [2.05, 4.69) is 9.97 Å². The van der Waals surface area contributed by atoms with Gasteiger partial charge in [0.15, 0.2) is 0 Å². The first-order valence-electron chi connectivity index (χ1n) is 6.13. The number of rotatable bonds is 3. The van der Waals surface area contributed by atoms with Crippen LogP contribution in [0.4, 0.5) is 4.39 Å². The van der Waals surface area contributed by atoms with Crippen LogP contribution in [0.25, 0.3) is 11.4 Å². The molecule has 0 saturated carbocycles. The standard InChI is InChI=1S/C16H11FN2S/c17-13-9-11-19-15(14-8-4-5-10-18-14)16(13)20-12-6-2-1-3-7-12/h1-11H. The van der Waals surface area contributed by atoms with Gasteiger partial charge in [-0.3, -0.25) is 9.97 Å². The van der Waals surface area contributed by atoms with Crippen LogP contribution in [0.15, 0.2) is 76.8 Å². The van der Waals surface area contributed by atoms with Crippen LogP contribution >= 0.6 is 11.8 Å². The highest BCUT2D eigenvalue weighted by Gasteiger charge is 2.13. The van der Waals surface area contributed by atoms with Gasteiger partial charge in [-0.15, -0.1) is 0 Å². The van der Waals surface area contributed by atoms with E-state index in [0.29, 0.717) is 16.3 Å². The minimum absolute atomic E-state index is 0.283. The van der Waals surface area contributed by atoms with Crippen molar-refractivity contribution < 1.29 is 4.39 Å². The third-order valence-electron chi connectivity index (χ3n) is 2.73. The average molecular weight is 282 g/mol. The molecule has 0 unspecified atom stereocenters. The fourth-order valence-corrected chi connectivity index (χ4v) is 2.76. The first-order chi connectivity index (χ1) is 9.84. The highest BCUT2D eigenvalue weighted by molar-refractivity contribution is 7.99. The van der Waals surface area contributed by atoms with Crippen molar-refractivity contribution in [2.24, 2.45) is 0 Å². The molecule has 20 heavy (non-hydrogen) atoms. The van der Waals surface area contributed by atoms with Crippen LogP contribution in [-0.2, 0) is 0 Å². The number of pyridine rings is 2. The van der Waals surface area contributed by atoms with Gasteiger partial charge in [-0.2, -0.15) is 0 Å². The summed E-state index contributed by atoms with van der Waals surface area (Å²) in [5.74, 6) is -0.283. The van der Waals surface area contributed by atoms with E-state index in [-0.39, 0.29) is 5.82 Å². The molecule has 1 aromatic carbocycles. The summed E-state index contributed by atoms with van der Waals surface area (Å²) in [6.45, 7) is 0. The number of aromatic nitrogens is 2. The van der Waals surface area contributed by atoms with E-state index >= 15 is 0 Å². The van der Waals surface area contributed by atoms with Gasteiger partial charge in [0, 0.05) is 17.3 Å². The number of benzene rings is 1. The summed E-state index contributed by atoms with van der Waals surface area (Å²) >= 11 is 1.36. The van der Waals surface area contributed by atoms with Crippen LogP contribution in [0.5, 0.6) is 0 Å². The molecule has 3 rings (SSSR count). The highest BCUT2D eigenvalue weighted by Crippen LogP contribution is 2.35. The Morgan fingerprint density at radius 3 is 2.35 bits per heavy atom. The van der Waals surface area contributed by atoms with Crippen LogP contribution in [0.3, 0.4) is 0 Å². The van der Waals surface area contributed by atoms with Crippen LogP contribution in [-0.4, -0.2) is 9.97 Å².